The van der Waals surface area contributed by atoms with Crippen LogP contribution >= 0.6 is 0 Å². The number of anilines is 3. The van der Waals surface area contributed by atoms with Gasteiger partial charge in [0.25, 0.3) is 0 Å². The minimum absolute atomic E-state index is 1.13. The van der Waals surface area contributed by atoms with Crippen LogP contribution in [0.2, 0.25) is 0 Å². The average molecular weight is 487 g/mol. The SMILES string of the molecule is c1ccc(N(c2ccccc2)c2ccc(-c3ccccc3-n3c4ccccc4c4ccccc43)cc2)cc1. The highest BCUT2D eigenvalue weighted by Gasteiger charge is 2.16. The second-order valence-electron chi connectivity index (χ2n) is 9.44. The molecule has 0 radical (unpaired) electrons. The first kappa shape index (κ1) is 22.1. The van der Waals surface area contributed by atoms with Gasteiger partial charge in [-0.05, 0) is 60.2 Å². The molecule has 0 bridgehead atoms. The van der Waals surface area contributed by atoms with Crippen molar-refractivity contribution in [3.05, 3.63) is 158 Å². The van der Waals surface area contributed by atoms with E-state index in [2.05, 4.69) is 167 Å². The third-order valence-corrected chi connectivity index (χ3v) is 7.19. The van der Waals surface area contributed by atoms with Crippen LogP contribution in [-0.2, 0) is 0 Å². The number of hydrogen-bond donors (Lipinski definition) is 0. The summed E-state index contributed by atoms with van der Waals surface area (Å²) in [4.78, 5) is 2.29. The minimum atomic E-state index is 1.13. The molecule has 0 unspecified atom stereocenters. The molecule has 0 saturated heterocycles. The summed E-state index contributed by atoms with van der Waals surface area (Å²) in [5, 5.41) is 2.55. The van der Waals surface area contributed by atoms with Crippen molar-refractivity contribution in [3.63, 3.8) is 0 Å². The van der Waals surface area contributed by atoms with Gasteiger partial charge in [0.2, 0.25) is 0 Å². The first-order valence-electron chi connectivity index (χ1n) is 13.0. The number of para-hydroxylation sites is 5. The van der Waals surface area contributed by atoms with Crippen LogP contribution in [0, 0.1) is 0 Å². The number of hydrogen-bond acceptors (Lipinski definition) is 1. The molecule has 0 aliphatic heterocycles. The van der Waals surface area contributed by atoms with Crippen LogP contribution in [0.3, 0.4) is 0 Å². The predicted octanol–water partition coefficient (Wildman–Crippen LogP) is 9.92. The Morgan fingerprint density at radius 1 is 0.368 bits per heavy atom. The largest absolute Gasteiger partial charge is 0.311 e. The molecule has 0 spiro atoms. The zero-order valence-electron chi connectivity index (χ0n) is 20.9. The van der Waals surface area contributed by atoms with E-state index >= 15 is 0 Å². The third-order valence-electron chi connectivity index (χ3n) is 7.19. The molecule has 1 heterocycles. The summed E-state index contributed by atoms with van der Waals surface area (Å²) in [6.07, 6.45) is 0. The van der Waals surface area contributed by atoms with Gasteiger partial charge in [0.15, 0.2) is 0 Å². The fourth-order valence-corrected chi connectivity index (χ4v) is 5.49. The molecule has 38 heavy (non-hydrogen) atoms. The topological polar surface area (TPSA) is 8.17 Å². The Balaban J connectivity index is 1.37. The quantitative estimate of drug-likeness (QED) is 0.235. The molecule has 0 fully saturated rings. The van der Waals surface area contributed by atoms with Crippen molar-refractivity contribution in [1.29, 1.82) is 0 Å². The standard InChI is InChI=1S/C36H26N2/c1-3-13-28(14-4-1)37(29-15-5-2-6-16-29)30-25-23-27(24-26-30)31-17-7-10-20-34(31)38-35-21-11-8-18-32(35)33-19-9-12-22-36(33)38/h1-26H. The van der Waals surface area contributed by atoms with E-state index in [-0.39, 0.29) is 0 Å². The summed E-state index contributed by atoms with van der Waals surface area (Å²) in [7, 11) is 0. The van der Waals surface area contributed by atoms with E-state index in [1.54, 1.807) is 0 Å². The number of benzene rings is 6. The number of nitrogens with zero attached hydrogens (tertiary/aromatic N) is 2. The number of rotatable bonds is 5. The van der Waals surface area contributed by atoms with Crippen LogP contribution in [0.25, 0.3) is 38.6 Å². The summed E-state index contributed by atoms with van der Waals surface area (Å²) in [6.45, 7) is 0. The van der Waals surface area contributed by atoms with Gasteiger partial charge in [-0.3, -0.25) is 0 Å². The minimum Gasteiger partial charge on any atom is -0.311 e. The van der Waals surface area contributed by atoms with E-state index in [1.165, 1.54) is 38.6 Å². The van der Waals surface area contributed by atoms with Crippen LogP contribution in [0.1, 0.15) is 0 Å². The summed E-state index contributed by atoms with van der Waals surface area (Å²) in [6, 6.07) is 56.0. The molecule has 7 aromatic rings. The van der Waals surface area contributed by atoms with Crippen molar-refractivity contribution in [3.8, 4) is 16.8 Å². The predicted molar refractivity (Wildman–Crippen MR) is 161 cm³/mol. The smallest absolute Gasteiger partial charge is 0.0541 e. The number of aromatic nitrogens is 1. The highest BCUT2D eigenvalue weighted by Crippen LogP contribution is 2.38. The second-order valence-corrected chi connectivity index (χ2v) is 9.44. The first-order chi connectivity index (χ1) is 18.9. The molecule has 0 amide bonds. The van der Waals surface area contributed by atoms with Crippen molar-refractivity contribution >= 4 is 38.9 Å². The van der Waals surface area contributed by atoms with E-state index in [4.69, 9.17) is 0 Å². The van der Waals surface area contributed by atoms with Gasteiger partial charge in [-0.2, -0.15) is 0 Å². The van der Waals surface area contributed by atoms with Crippen LogP contribution in [0.5, 0.6) is 0 Å². The van der Waals surface area contributed by atoms with Crippen molar-refractivity contribution in [1.82, 2.24) is 4.57 Å². The molecule has 0 N–H and O–H groups in total. The lowest BCUT2D eigenvalue weighted by Gasteiger charge is -2.25. The van der Waals surface area contributed by atoms with Gasteiger partial charge in [-0.1, -0.05) is 103 Å². The van der Waals surface area contributed by atoms with Crippen LogP contribution in [-0.4, -0.2) is 4.57 Å². The molecule has 180 valence electrons. The third kappa shape index (κ3) is 3.75. The van der Waals surface area contributed by atoms with Crippen molar-refractivity contribution in [2.24, 2.45) is 0 Å². The van der Waals surface area contributed by atoms with Gasteiger partial charge in [-0.15, -0.1) is 0 Å². The maximum absolute atomic E-state index is 2.40. The van der Waals surface area contributed by atoms with Crippen LogP contribution < -0.4 is 4.90 Å². The molecule has 0 aliphatic rings. The van der Waals surface area contributed by atoms with Gasteiger partial charge in [0.1, 0.15) is 0 Å². The van der Waals surface area contributed by atoms with Gasteiger partial charge in [0, 0.05) is 33.4 Å². The molecule has 2 heteroatoms. The van der Waals surface area contributed by atoms with E-state index in [1.807, 2.05) is 0 Å². The summed E-state index contributed by atoms with van der Waals surface area (Å²) in [5.41, 5.74) is 9.41. The van der Waals surface area contributed by atoms with E-state index in [9.17, 15) is 0 Å². The molecule has 7 rings (SSSR count). The van der Waals surface area contributed by atoms with Gasteiger partial charge >= 0.3 is 0 Å². The van der Waals surface area contributed by atoms with Gasteiger partial charge in [-0.25, -0.2) is 0 Å². The lowest BCUT2D eigenvalue weighted by molar-refractivity contribution is 1.18. The normalized spacial score (nSPS) is 11.2. The molecule has 0 saturated carbocycles. The monoisotopic (exact) mass is 486 g/mol. The molecule has 2 nitrogen and oxygen atoms in total. The Hall–Kier alpha value is -5.08. The maximum Gasteiger partial charge on any atom is 0.0541 e. The fourth-order valence-electron chi connectivity index (χ4n) is 5.49. The second kappa shape index (κ2) is 9.42. The molecular weight excluding hydrogens is 460 g/mol. The Morgan fingerprint density at radius 3 is 1.39 bits per heavy atom. The molecular formula is C36H26N2. The Kier molecular flexibility index (Phi) is 5.49. The fraction of sp³-hybridized carbons (Fsp3) is 0. The lowest BCUT2D eigenvalue weighted by Crippen LogP contribution is -2.09. The van der Waals surface area contributed by atoms with Crippen molar-refractivity contribution < 1.29 is 0 Å². The van der Waals surface area contributed by atoms with Gasteiger partial charge in [0.05, 0.1) is 16.7 Å². The van der Waals surface area contributed by atoms with E-state index in [0.717, 1.165) is 17.1 Å². The lowest BCUT2D eigenvalue weighted by atomic mass is 10.0. The van der Waals surface area contributed by atoms with E-state index in [0.29, 0.717) is 0 Å². The van der Waals surface area contributed by atoms with Crippen molar-refractivity contribution in [2.45, 2.75) is 0 Å². The molecule has 1 aromatic heterocycles. The Labute approximate surface area is 222 Å². The zero-order valence-corrected chi connectivity index (χ0v) is 20.9. The number of fused-ring (bicyclic) bond motifs is 3. The highest BCUT2D eigenvalue weighted by atomic mass is 15.1. The van der Waals surface area contributed by atoms with Crippen LogP contribution in [0.4, 0.5) is 17.1 Å². The summed E-state index contributed by atoms with van der Waals surface area (Å²) < 4.78 is 2.40. The van der Waals surface area contributed by atoms with Crippen LogP contribution in [0.15, 0.2) is 158 Å². The summed E-state index contributed by atoms with van der Waals surface area (Å²) >= 11 is 0. The maximum atomic E-state index is 2.40. The molecule has 0 atom stereocenters. The van der Waals surface area contributed by atoms with Gasteiger partial charge < -0.3 is 9.47 Å². The molecule has 6 aromatic carbocycles. The molecule has 0 aliphatic carbocycles. The first-order valence-corrected chi connectivity index (χ1v) is 13.0. The highest BCUT2D eigenvalue weighted by molar-refractivity contribution is 6.09. The average Bonchev–Trinajstić information content (AvgIpc) is 3.33. The van der Waals surface area contributed by atoms with Crippen molar-refractivity contribution in [2.75, 3.05) is 4.90 Å². The zero-order chi connectivity index (χ0) is 25.3. The Morgan fingerprint density at radius 2 is 0.816 bits per heavy atom. The van der Waals surface area contributed by atoms with E-state index < -0.39 is 0 Å². The Bertz CT molecular complexity index is 1760. The summed E-state index contributed by atoms with van der Waals surface area (Å²) in [5.74, 6) is 0.